The van der Waals surface area contributed by atoms with Gasteiger partial charge in [-0.05, 0) is 32.6 Å². The van der Waals surface area contributed by atoms with E-state index in [0.717, 1.165) is 25.8 Å². The maximum absolute atomic E-state index is 11.4. The molecule has 1 unspecified atom stereocenters. The van der Waals surface area contributed by atoms with Crippen LogP contribution in [0.25, 0.3) is 0 Å². The van der Waals surface area contributed by atoms with Gasteiger partial charge in [-0.2, -0.15) is 0 Å². The molecule has 16 heavy (non-hydrogen) atoms. The van der Waals surface area contributed by atoms with Gasteiger partial charge in [-0.3, -0.25) is 4.90 Å². The summed E-state index contributed by atoms with van der Waals surface area (Å²) in [6, 6.07) is 0.155. The number of sulfone groups is 1. The fourth-order valence-corrected chi connectivity index (χ4v) is 4.24. The summed E-state index contributed by atoms with van der Waals surface area (Å²) in [7, 11) is -2.78. The van der Waals surface area contributed by atoms with Crippen molar-refractivity contribution in [1.29, 1.82) is 0 Å². The molecular weight excluding hydrogens is 224 g/mol. The molecule has 0 spiro atoms. The zero-order chi connectivity index (χ0) is 11.8. The average molecular weight is 246 g/mol. The standard InChI is InChI=1S/C11H22N2O2S/c1-10-9-16(14,15)8-7-13(10)6-5-11(12)3-2-4-11/h10H,2-9,12H2,1H3. The summed E-state index contributed by atoms with van der Waals surface area (Å²) < 4.78 is 22.8. The first-order valence-corrected chi connectivity index (χ1v) is 7.96. The van der Waals surface area contributed by atoms with E-state index in [-0.39, 0.29) is 11.6 Å². The molecule has 4 nitrogen and oxygen atoms in total. The van der Waals surface area contributed by atoms with Crippen molar-refractivity contribution in [2.45, 2.75) is 44.2 Å². The van der Waals surface area contributed by atoms with Crippen LogP contribution in [0.4, 0.5) is 0 Å². The molecule has 0 aromatic rings. The maximum atomic E-state index is 11.4. The minimum absolute atomic E-state index is 0.0516. The average Bonchev–Trinajstić information content (AvgIpc) is 2.12. The van der Waals surface area contributed by atoms with Gasteiger partial charge in [-0.25, -0.2) is 8.42 Å². The highest BCUT2D eigenvalue weighted by molar-refractivity contribution is 7.91. The van der Waals surface area contributed by atoms with E-state index >= 15 is 0 Å². The lowest BCUT2D eigenvalue weighted by Gasteiger charge is -2.41. The maximum Gasteiger partial charge on any atom is 0.153 e. The Morgan fingerprint density at radius 2 is 2.12 bits per heavy atom. The molecule has 1 saturated carbocycles. The first-order valence-electron chi connectivity index (χ1n) is 6.14. The number of hydrogen-bond acceptors (Lipinski definition) is 4. The Bertz CT molecular complexity index is 349. The first kappa shape index (κ1) is 12.3. The van der Waals surface area contributed by atoms with Gasteiger partial charge in [0.15, 0.2) is 9.84 Å². The van der Waals surface area contributed by atoms with Gasteiger partial charge < -0.3 is 5.73 Å². The van der Waals surface area contributed by atoms with Crippen LogP contribution in [0, 0.1) is 0 Å². The molecule has 0 amide bonds. The second-order valence-corrected chi connectivity index (χ2v) is 7.69. The van der Waals surface area contributed by atoms with E-state index in [2.05, 4.69) is 4.90 Å². The summed E-state index contributed by atoms with van der Waals surface area (Å²) in [4.78, 5) is 2.27. The Morgan fingerprint density at radius 1 is 1.44 bits per heavy atom. The fourth-order valence-electron chi connectivity index (χ4n) is 2.61. The quantitative estimate of drug-likeness (QED) is 0.782. The van der Waals surface area contributed by atoms with E-state index in [1.165, 1.54) is 6.42 Å². The molecule has 0 aromatic carbocycles. The van der Waals surface area contributed by atoms with Gasteiger partial charge in [-0.15, -0.1) is 0 Å². The second kappa shape index (κ2) is 4.27. The van der Waals surface area contributed by atoms with Crippen LogP contribution in [0.3, 0.4) is 0 Å². The van der Waals surface area contributed by atoms with E-state index in [1.807, 2.05) is 6.92 Å². The highest BCUT2D eigenvalue weighted by Crippen LogP contribution is 2.32. The van der Waals surface area contributed by atoms with Crippen molar-refractivity contribution in [3.8, 4) is 0 Å². The van der Waals surface area contributed by atoms with Crippen molar-refractivity contribution >= 4 is 9.84 Å². The molecule has 1 aliphatic carbocycles. The van der Waals surface area contributed by atoms with Crippen molar-refractivity contribution in [2.75, 3.05) is 24.6 Å². The van der Waals surface area contributed by atoms with Gasteiger partial charge in [0.2, 0.25) is 0 Å². The van der Waals surface area contributed by atoms with Crippen molar-refractivity contribution in [3.05, 3.63) is 0 Å². The molecule has 5 heteroatoms. The van der Waals surface area contributed by atoms with E-state index in [0.29, 0.717) is 18.1 Å². The minimum Gasteiger partial charge on any atom is -0.325 e. The smallest absolute Gasteiger partial charge is 0.153 e. The highest BCUT2D eigenvalue weighted by atomic mass is 32.2. The third-order valence-electron chi connectivity index (χ3n) is 4.05. The summed E-state index contributed by atoms with van der Waals surface area (Å²) in [5.41, 5.74) is 6.23. The van der Waals surface area contributed by atoms with Crippen molar-refractivity contribution in [2.24, 2.45) is 5.73 Å². The molecule has 1 saturated heterocycles. The highest BCUT2D eigenvalue weighted by Gasteiger charge is 2.34. The molecule has 0 bridgehead atoms. The third-order valence-corrected chi connectivity index (χ3v) is 5.85. The van der Waals surface area contributed by atoms with E-state index in [4.69, 9.17) is 5.73 Å². The summed E-state index contributed by atoms with van der Waals surface area (Å²) in [6.07, 6.45) is 4.53. The van der Waals surface area contributed by atoms with Crippen LogP contribution in [0.15, 0.2) is 0 Å². The molecule has 0 aromatic heterocycles. The van der Waals surface area contributed by atoms with Gasteiger partial charge in [-0.1, -0.05) is 0 Å². The summed E-state index contributed by atoms with van der Waals surface area (Å²) in [5, 5.41) is 0. The van der Waals surface area contributed by atoms with Crippen LogP contribution in [0.1, 0.15) is 32.6 Å². The fraction of sp³-hybridized carbons (Fsp3) is 1.00. The lowest BCUT2D eigenvalue weighted by Crippen LogP contribution is -2.52. The zero-order valence-corrected chi connectivity index (χ0v) is 10.8. The molecule has 1 atom stereocenters. The van der Waals surface area contributed by atoms with Gasteiger partial charge in [0.25, 0.3) is 0 Å². The number of nitrogens with zero attached hydrogens (tertiary/aromatic N) is 1. The Morgan fingerprint density at radius 3 is 2.62 bits per heavy atom. The van der Waals surface area contributed by atoms with E-state index in [1.54, 1.807) is 0 Å². The Balaban J connectivity index is 1.82. The SMILES string of the molecule is CC1CS(=O)(=O)CCN1CCC1(N)CCC1. The Hall–Kier alpha value is -0.130. The zero-order valence-electron chi connectivity index (χ0n) is 9.98. The van der Waals surface area contributed by atoms with Crippen molar-refractivity contribution < 1.29 is 8.42 Å². The van der Waals surface area contributed by atoms with Crippen LogP contribution < -0.4 is 5.73 Å². The van der Waals surface area contributed by atoms with Crippen molar-refractivity contribution in [3.63, 3.8) is 0 Å². The predicted octanol–water partition coefficient (Wildman–Crippen LogP) is 0.377. The first-order chi connectivity index (χ1) is 7.40. The molecule has 2 aliphatic rings. The molecule has 0 radical (unpaired) electrons. The number of hydrogen-bond donors (Lipinski definition) is 1. The van der Waals surface area contributed by atoms with Crippen LogP contribution >= 0.6 is 0 Å². The summed E-state index contributed by atoms with van der Waals surface area (Å²) in [5.74, 6) is 0.624. The molecule has 2 N–H and O–H groups in total. The Kier molecular flexibility index (Phi) is 3.29. The van der Waals surface area contributed by atoms with E-state index < -0.39 is 9.84 Å². The lowest BCUT2D eigenvalue weighted by molar-refractivity contribution is 0.162. The monoisotopic (exact) mass is 246 g/mol. The van der Waals surface area contributed by atoms with Crippen LogP contribution in [-0.2, 0) is 9.84 Å². The van der Waals surface area contributed by atoms with Gasteiger partial charge in [0, 0.05) is 24.7 Å². The van der Waals surface area contributed by atoms with Crippen LogP contribution in [0.2, 0.25) is 0 Å². The Labute approximate surface area is 98.1 Å². The number of rotatable bonds is 3. The second-order valence-electron chi connectivity index (χ2n) is 5.47. The molecular formula is C11H22N2O2S. The topological polar surface area (TPSA) is 63.4 Å². The molecule has 2 fully saturated rings. The lowest BCUT2D eigenvalue weighted by atomic mass is 9.75. The van der Waals surface area contributed by atoms with Crippen molar-refractivity contribution in [1.82, 2.24) is 4.90 Å². The van der Waals surface area contributed by atoms with Gasteiger partial charge in [0.05, 0.1) is 11.5 Å². The molecule has 1 heterocycles. The normalized spacial score (nSPS) is 33.2. The summed E-state index contributed by atoms with van der Waals surface area (Å²) >= 11 is 0. The minimum atomic E-state index is -2.78. The van der Waals surface area contributed by atoms with E-state index in [9.17, 15) is 8.42 Å². The molecule has 1 aliphatic heterocycles. The largest absolute Gasteiger partial charge is 0.325 e. The number of nitrogens with two attached hydrogens (primary N) is 1. The van der Waals surface area contributed by atoms with Gasteiger partial charge in [0.1, 0.15) is 0 Å². The van der Waals surface area contributed by atoms with Gasteiger partial charge >= 0.3 is 0 Å². The summed E-state index contributed by atoms with van der Waals surface area (Å²) in [6.45, 7) is 3.63. The molecule has 2 rings (SSSR count). The van der Waals surface area contributed by atoms with Crippen LogP contribution in [-0.4, -0.2) is 49.5 Å². The molecule has 94 valence electrons. The van der Waals surface area contributed by atoms with Crippen LogP contribution in [0.5, 0.6) is 0 Å². The predicted molar refractivity (Wildman–Crippen MR) is 65.1 cm³/mol. The third kappa shape index (κ3) is 2.76.